The van der Waals surface area contributed by atoms with Gasteiger partial charge in [-0.3, -0.25) is 0 Å². The molecule has 3 rings (SSSR count). The molecule has 88 valence electrons. The molecule has 1 aromatic heterocycles. The van der Waals surface area contributed by atoms with Gasteiger partial charge in [0, 0.05) is 36.5 Å². The second kappa shape index (κ2) is 3.77. The highest BCUT2D eigenvalue weighted by Crippen LogP contribution is 2.44. The summed E-state index contributed by atoms with van der Waals surface area (Å²) in [5.41, 5.74) is 3.95. The Morgan fingerprint density at radius 3 is 3.00 bits per heavy atom. The Kier molecular flexibility index (Phi) is 2.36. The van der Waals surface area contributed by atoms with Gasteiger partial charge in [0.05, 0.1) is 0 Å². The second-order valence-corrected chi connectivity index (χ2v) is 5.49. The van der Waals surface area contributed by atoms with E-state index in [9.17, 15) is 0 Å². The molecular weight excluding hydrogens is 208 g/mol. The molecule has 0 aromatic carbocycles. The summed E-state index contributed by atoms with van der Waals surface area (Å²) in [6.07, 6.45) is 6.71. The monoisotopic (exact) mass is 226 g/mol. The summed E-state index contributed by atoms with van der Waals surface area (Å²) in [6, 6.07) is 2.11. The van der Waals surface area contributed by atoms with Crippen molar-refractivity contribution in [2.75, 3.05) is 18.5 Å². The van der Waals surface area contributed by atoms with Crippen LogP contribution in [0.5, 0.6) is 0 Å². The Hall–Kier alpha value is -1.49. The third-order valence-electron chi connectivity index (χ3n) is 3.85. The van der Waals surface area contributed by atoms with Crippen LogP contribution in [0.25, 0.3) is 0 Å². The van der Waals surface area contributed by atoms with E-state index in [-0.39, 0.29) is 5.41 Å². The molecule has 2 aliphatic rings. The minimum absolute atomic E-state index is 0.283. The minimum Gasteiger partial charge on any atom is -0.374 e. The lowest BCUT2D eigenvalue weighted by Crippen LogP contribution is -2.25. The number of pyridine rings is 1. The largest absolute Gasteiger partial charge is 0.374 e. The van der Waals surface area contributed by atoms with Crippen molar-refractivity contribution in [3.63, 3.8) is 0 Å². The van der Waals surface area contributed by atoms with Gasteiger partial charge < -0.3 is 4.90 Å². The molecule has 17 heavy (non-hydrogen) atoms. The Bertz CT molecular complexity index is 503. The first-order chi connectivity index (χ1) is 8.18. The van der Waals surface area contributed by atoms with E-state index >= 15 is 0 Å². The zero-order valence-corrected chi connectivity index (χ0v) is 10.6. The molecule has 2 heteroatoms. The highest BCUT2D eigenvalue weighted by atomic mass is 15.1. The Labute approximate surface area is 103 Å². The number of aromatic nitrogens is 1. The van der Waals surface area contributed by atoms with E-state index in [4.69, 9.17) is 0 Å². The molecule has 2 heterocycles. The summed E-state index contributed by atoms with van der Waals surface area (Å²) < 4.78 is 0. The average molecular weight is 226 g/mol. The van der Waals surface area contributed by atoms with Crippen LogP contribution < -0.4 is 4.90 Å². The molecule has 1 saturated carbocycles. The lowest BCUT2D eigenvalue weighted by atomic mass is 10.0. The fraction of sp³-hybridized carbons (Fsp3) is 0.533. The summed E-state index contributed by atoms with van der Waals surface area (Å²) in [5.74, 6) is 6.69. The van der Waals surface area contributed by atoms with Crippen LogP contribution in [-0.4, -0.2) is 18.6 Å². The van der Waals surface area contributed by atoms with Crippen LogP contribution >= 0.6 is 0 Å². The molecule has 1 aromatic rings. The molecule has 0 atom stereocenters. The van der Waals surface area contributed by atoms with Crippen LogP contribution in [0.4, 0.5) is 5.69 Å². The first kappa shape index (κ1) is 10.7. The van der Waals surface area contributed by atoms with Gasteiger partial charge in [-0.05, 0) is 44.6 Å². The molecule has 0 spiro atoms. The van der Waals surface area contributed by atoms with Gasteiger partial charge in [0.1, 0.15) is 5.69 Å². The molecule has 1 fully saturated rings. The van der Waals surface area contributed by atoms with Gasteiger partial charge >= 0.3 is 0 Å². The topological polar surface area (TPSA) is 16.1 Å². The van der Waals surface area contributed by atoms with E-state index in [0.717, 1.165) is 18.7 Å². The van der Waals surface area contributed by atoms with E-state index in [1.54, 1.807) is 0 Å². The van der Waals surface area contributed by atoms with Crippen LogP contribution in [0, 0.1) is 17.3 Å². The maximum Gasteiger partial charge on any atom is 0.118 e. The van der Waals surface area contributed by atoms with Crippen molar-refractivity contribution in [2.45, 2.75) is 32.6 Å². The van der Waals surface area contributed by atoms with E-state index in [1.807, 2.05) is 6.20 Å². The van der Waals surface area contributed by atoms with E-state index in [1.165, 1.54) is 30.5 Å². The maximum atomic E-state index is 4.46. The molecule has 0 saturated heterocycles. The zero-order chi connectivity index (χ0) is 11.9. The van der Waals surface area contributed by atoms with Gasteiger partial charge in [-0.1, -0.05) is 5.92 Å². The predicted octanol–water partition coefficient (Wildman–Crippen LogP) is 2.62. The molecule has 1 aliphatic carbocycles. The first-order valence-corrected chi connectivity index (χ1v) is 6.40. The molecule has 0 amide bonds. The third-order valence-corrected chi connectivity index (χ3v) is 3.85. The molecule has 2 nitrogen and oxygen atoms in total. The van der Waals surface area contributed by atoms with Crippen molar-refractivity contribution >= 4 is 5.69 Å². The predicted molar refractivity (Wildman–Crippen MR) is 70.0 cm³/mol. The molecule has 1 aliphatic heterocycles. The molecule has 0 unspecified atom stereocenters. The van der Waals surface area contributed by atoms with Crippen molar-refractivity contribution in [2.24, 2.45) is 5.41 Å². The van der Waals surface area contributed by atoms with Crippen molar-refractivity contribution in [3.8, 4) is 11.8 Å². The van der Waals surface area contributed by atoms with Crippen LogP contribution in [0.2, 0.25) is 0 Å². The number of rotatable bonds is 0. The van der Waals surface area contributed by atoms with Crippen LogP contribution in [0.3, 0.4) is 0 Å². The van der Waals surface area contributed by atoms with Gasteiger partial charge in [-0.15, -0.1) is 0 Å². The van der Waals surface area contributed by atoms with Crippen LogP contribution in [0.15, 0.2) is 12.3 Å². The fourth-order valence-electron chi connectivity index (χ4n) is 2.33. The smallest absolute Gasteiger partial charge is 0.118 e. The molecule has 0 radical (unpaired) electrons. The summed E-state index contributed by atoms with van der Waals surface area (Å²) in [4.78, 5) is 6.77. The summed E-state index contributed by atoms with van der Waals surface area (Å²) in [6.45, 7) is 3.38. The number of fused-ring (bicyclic) bond motifs is 1. The number of nitrogens with zero attached hydrogens (tertiary/aromatic N) is 2. The number of anilines is 1. The first-order valence-electron chi connectivity index (χ1n) is 6.40. The second-order valence-electron chi connectivity index (χ2n) is 5.49. The van der Waals surface area contributed by atoms with E-state index < -0.39 is 0 Å². The number of hydrogen-bond donors (Lipinski definition) is 0. The molecular formula is C15H18N2. The van der Waals surface area contributed by atoms with Crippen molar-refractivity contribution in [1.82, 2.24) is 4.98 Å². The molecule has 0 bridgehead atoms. The zero-order valence-electron chi connectivity index (χ0n) is 10.6. The number of hydrogen-bond acceptors (Lipinski definition) is 2. The molecule has 0 N–H and O–H groups in total. The lowest BCUT2D eigenvalue weighted by Gasteiger charge is -2.27. The quantitative estimate of drug-likeness (QED) is 0.632. The average Bonchev–Trinajstić information content (AvgIpc) is 3.06. The van der Waals surface area contributed by atoms with Gasteiger partial charge in [-0.25, -0.2) is 4.98 Å². The van der Waals surface area contributed by atoms with Crippen molar-refractivity contribution in [1.29, 1.82) is 0 Å². The van der Waals surface area contributed by atoms with Crippen LogP contribution in [0.1, 0.15) is 37.4 Å². The Morgan fingerprint density at radius 2 is 2.24 bits per heavy atom. The van der Waals surface area contributed by atoms with Crippen molar-refractivity contribution < 1.29 is 0 Å². The van der Waals surface area contributed by atoms with Gasteiger partial charge in [0.2, 0.25) is 0 Å². The Balaban J connectivity index is 1.99. The van der Waals surface area contributed by atoms with Crippen molar-refractivity contribution in [3.05, 3.63) is 23.5 Å². The maximum absolute atomic E-state index is 4.46. The van der Waals surface area contributed by atoms with Gasteiger partial charge in [-0.2, -0.15) is 0 Å². The minimum atomic E-state index is 0.283. The standard InChI is InChI=1S/C15H18N2/c1-15(8-9-15)7-5-13-12-4-3-11-17(2)14(12)6-10-16-13/h6,10H,3-4,8-9,11H2,1-2H3. The summed E-state index contributed by atoms with van der Waals surface area (Å²) >= 11 is 0. The van der Waals surface area contributed by atoms with Crippen LogP contribution in [-0.2, 0) is 6.42 Å². The summed E-state index contributed by atoms with van der Waals surface area (Å²) in [7, 11) is 2.15. The Morgan fingerprint density at radius 1 is 1.41 bits per heavy atom. The van der Waals surface area contributed by atoms with Gasteiger partial charge in [0.15, 0.2) is 0 Å². The highest BCUT2D eigenvalue weighted by molar-refractivity contribution is 5.59. The fourth-order valence-corrected chi connectivity index (χ4v) is 2.33. The van der Waals surface area contributed by atoms with Gasteiger partial charge in [0.25, 0.3) is 0 Å². The lowest BCUT2D eigenvalue weighted by molar-refractivity contribution is 0.738. The normalized spacial score (nSPS) is 20.2. The summed E-state index contributed by atoms with van der Waals surface area (Å²) in [5, 5.41) is 0. The highest BCUT2D eigenvalue weighted by Gasteiger charge is 2.35. The SMILES string of the molecule is CN1CCCc2c1ccnc2C#CC1(C)CC1. The third kappa shape index (κ3) is 2.02. The van der Waals surface area contributed by atoms with E-state index in [2.05, 4.69) is 41.8 Å². The van der Waals surface area contributed by atoms with E-state index in [0.29, 0.717) is 0 Å².